The van der Waals surface area contributed by atoms with Crippen LogP contribution >= 0.6 is 0 Å². The summed E-state index contributed by atoms with van der Waals surface area (Å²) in [7, 11) is 1.75. The van der Waals surface area contributed by atoms with Crippen molar-refractivity contribution < 1.29 is 13.6 Å². The van der Waals surface area contributed by atoms with Gasteiger partial charge in [0.15, 0.2) is 0 Å². The van der Waals surface area contributed by atoms with E-state index >= 15 is 0 Å². The second kappa shape index (κ2) is 6.24. The minimum Gasteiger partial charge on any atom is -0.464 e. The summed E-state index contributed by atoms with van der Waals surface area (Å²) in [5.74, 6) is -0.277. The van der Waals surface area contributed by atoms with Gasteiger partial charge >= 0.3 is 0 Å². The highest BCUT2D eigenvalue weighted by Crippen LogP contribution is 2.23. The summed E-state index contributed by atoms with van der Waals surface area (Å²) in [5, 5.41) is 0.971. The smallest absolute Gasteiger partial charge is 0.227 e. The zero-order valence-electron chi connectivity index (χ0n) is 13.2. The topological polar surface area (TPSA) is 33.5 Å². The first-order valence-electron chi connectivity index (χ1n) is 7.48. The Bertz CT molecular complexity index is 836. The SMILES string of the molecule is Cc1ccc2c(CC(=O)N(C)Cc3ccc(F)cc3)coc2c1. The molecule has 0 atom stereocenters. The fourth-order valence-electron chi connectivity index (χ4n) is 2.58. The van der Waals surface area contributed by atoms with Crippen LogP contribution in [0.15, 0.2) is 53.1 Å². The molecule has 0 bridgehead atoms. The minimum atomic E-state index is -0.275. The van der Waals surface area contributed by atoms with Crippen molar-refractivity contribution >= 4 is 16.9 Å². The zero-order valence-corrected chi connectivity index (χ0v) is 13.2. The first-order valence-corrected chi connectivity index (χ1v) is 7.48. The molecule has 1 heterocycles. The largest absolute Gasteiger partial charge is 0.464 e. The quantitative estimate of drug-likeness (QED) is 0.727. The van der Waals surface area contributed by atoms with Gasteiger partial charge in [0.1, 0.15) is 11.4 Å². The van der Waals surface area contributed by atoms with Crippen molar-refractivity contribution in [1.29, 1.82) is 0 Å². The van der Waals surface area contributed by atoms with E-state index in [1.807, 2.05) is 25.1 Å². The van der Waals surface area contributed by atoms with Gasteiger partial charge in [-0.05, 0) is 36.2 Å². The maximum atomic E-state index is 12.9. The van der Waals surface area contributed by atoms with Gasteiger partial charge in [-0.3, -0.25) is 4.79 Å². The van der Waals surface area contributed by atoms with Gasteiger partial charge in [-0.2, -0.15) is 0 Å². The van der Waals surface area contributed by atoms with Gasteiger partial charge in [-0.1, -0.05) is 24.3 Å². The summed E-state index contributed by atoms with van der Waals surface area (Å²) >= 11 is 0. The zero-order chi connectivity index (χ0) is 16.4. The van der Waals surface area contributed by atoms with Crippen molar-refractivity contribution in [3.8, 4) is 0 Å². The Morgan fingerprint density at radius 3 is 2.65 bits per heavy atom. The first kappa shape index (κ1) is 15.3. The van der Waals surface area contributed by atoms with E-state index in [1.165, 1.54) is 12.1 Å². The average Bonchev–Trinajstić information content (AvgIpc) is 2.91. The van der Waals surface area contributed by atoms with Gasteiger partial charge < -0.3 is 9.32 Å². The number of nitrogens with zero attached hydrogens (tertiary/aromatic N) is 1. The fourth-order valence-corrected chi connectivity index (χ4v) is 2.58. The lowest BCUT2D eigenvalue weighted by molar-refractivity contribution is -0.129. The molecular formula is C19H18FNO2. The Morgan fingerprint density at radius 1 is 1.17 bits per heavy atom. The predicted molar refractivity (Wildman–Crippen MR) is 87.5 cm³/mol. The molecule has 23 heavy (non-hydrogen) atoms. The van der Waals surface area contributed by atoms with Crippen LogP contribution in [0.1, 0.15) is 16.7 Å². The van der Waals surface area contributed by atoms with E-state index in [1.54, 1.807) is 30.3 Å². The molecule has 0 fully saturated rings. The average molecular weight is 311 g/mol. The molecule has 2 aromatic carbocycles. The molecule has 3 aromatic rings. The Balaban J connectivity index is 1.71. The van der Waals surface area contributed by atoms with Crippen molar-refractivity contribution in [2.75, 3.05) is 7.05 Å². The summed E-state index contributed by atoms with van der Waals surface area (Å²) in [5.41, 5.74) is 3.71. The second-order valence-electron chi connectivity index (χ2n) is 5.81. The highest BCUT2D eigenvalue weighted by Gasteiger charge is 2.14. The van der Waals surface area contributed by atoms with Gasteiger partial charge in [0.05, 0.1) is 12.7 Å². The number of aryl methyl sites for hydroxylation is 1. The van der Waals surface area contributed by atoms with Gasteiger partial charge in [0, 0.05) is 24.5 Å². The van der Waals surface area contributed by atoms with Crippen LogP contribution < -0.4 is 0 Å². The molecule has 0 aliphatic heterocycles. The molecule has 3 nitrogen and oxygen atoms in total. The monoisotopic (exact) mass is 311 g/mol. The highest BCUT2D eigenvalue weighted by molar-refractivity contribution is 5.87. The highest BCUT2D eigenvalue weighted by atomic mass is 19.1. The molecule has 0 spiro atoms. The Labute approximate surface area is 134 Å². The standard InChI is InChI=1S/C19H18FNO2/c1-13-3-8-17-15(12-23-18(17)9-13)10-19(22)21(2)11-14-4-6-16(20)7-5-14/h3-9,12H,10-11H2,1-2H3. The number of carbonyl (C=O) groups is 1. The number of benzene rings is 2. The summed E-state index contributed by atoms with van der Waals surface area (Å²) in [6, 6.07) is 12.1. The Kier molecular flexibility index (Phi) is 4.15. The second-order valence-corrected chi connectivity index (χ2v) is 5.81. The third kappa shape index (κ3) is 3.42. The van der Waals surface area contributed by atoms with E-state index in [0.29, 0.717) is 6.54 Å². The van der Waals surface area contributed by atoms with Crippen LogP contribution in [0.2, 0.25) is 0 Å². The number of amides is 1. The molecular weight excluding hydrogens is 293 g/mol. The van der Waals surface area contributed by atoms with E-state index in [4.69, 9.17) is 4.42 Å². The lowest BCUT2D eigenvalue weighted by atomic mass is 10.1. The molecule has 0 aliphatic rings. The molecule has 1 aromatic heterocycles. The molecule has 1 amide bonds. The molecule has 0 aliphatic carbocycles. The lowest BCUT2D eigenvalue weighted by Gasteiger charge is -2.17. The van der Waals surface area contributed by atoms with Crippen LogP contribution in [-0.2, 0) is 17.8 Å². The Morgan fingerprint density at radius 2 is 1.91 bits per heavy atom. The first-order chi connectivity index (χ1) is 11.0. The van der Waals surface area contributed by atoms with Crippen LogP contribution in [0.4, 0.5) is 4.39 Å². The van der Waals surface area contributed by atoms with Crippen LogP contribution in [-0.4, -0.2) is 17.9 Å². The van der Waals surface area contributed by atoms with E-state index in [0.717, 1.165) is 27.7 Å². The molecule has 0 unspecified atom stereocenters. The molecule has 3 rings (SSSR count). The minimum absolute atomic E-state index is 0.00222. The van der Waals surface area contributed by atoms with Crippen molar-refractivity contribution in [1.82, 2.24) is 4.90 Å². The van der Waals surface area contributed by atoms with Crippen LogP contribution in [0.25, 0.3) is 11.0 Å². The van der Waals surface area contributed by atoms with Crippen molar-refractivity contribution in [3.63, 3.8) is 0 Å². The van der Waals surface area contributed by atoms with Crippen molar-refractivity contribution in [2.45, 2.75) is 19.9 Å². The number of hydrogen-bond acceptors (Lipinski definition) is 2. The number of hydrogen-bond donors (Lipinski definition) is 0. The number of halogens is 1. The maximum Gasteiger partial charge on any atom is 0.227 e. The number of furan rings is 1. The van der Waals surface area contributed by atoms with E-state index < -0.39 is 0 Å². The normalized spacial score (nSPS) is 10.9. The predicted octanol–water partition coefficient (Wildman–Crippen LogP) is 4.08. The Hall–Kier alpha value is -2.62. The van der Waals surface area contributed by atoms with E-state index in [-0.39, 0.29) is 18.1 Å². The van der Waals surface area contributed by atoms with Crippen LogP contribution in [0, 0.1) is 12.7 Å². The summed E-state index contributed by atoms with van der Waals surface area (Å²) < 4.78 is 18.4. The van der Waals surface area contributed by atoms with Crippen molar-refractivity contribution in [3.05, 3.63) is 71.2 Å². The van der Waals surface area contributed by atoms with E-state index in [2.05, 4.69) is 0 Å². The lowest BCUT2D eigenvalue weighted by Crippen LogP contribution is -2.27. The van der Waals surface area contributed by atoms with Crippen LogP contribution in [0.5, 0.6) is 0 Å². The van der Waals surface area contributed by atoms with Crippen LogP contribution in [0.3, 0.4) is 0 Å². The fraction of sp³-hybridized carbons (Fsp3) is 0.211. The maximum absolute atomic E-state index is 12.9. The van der Waals surface area contributed by atoms with Crippen molar-refractivity contribution in [2.24, 2.45) is 0 Å². The van der Waals surface area contributed by atoms with Gasteiger partial charge in [-0.15, -0.1) is 0 Å². The summed E-state index contributed by atoms with van der Waals surface area (Å²) in [6.07, 6.45) is 1.93. The number of fused-ring (bicyclic) bond motifs is 1. The molecule has 4 heteroatoms. The number of rotatable bonds is 4. The molecule has 0 radical (unpaired) electrons. The summed E-state index contributed by atoms with van der Waals surface area (Å²) in [6.45, 7) is 2.46. The van der Waals surface area contributed by atoms with Gasteiger partial charge in [-0.25, -0.2) is 4.39 Å². The third-order valence-corrected chi connectivity index (χ3v) is 3.91. The van der Waals surface area contributed by atoms with Gasteiger partial charge in [0.2, 0.25) is 5.91 Å². The van der Waals surface area contributed by atoms with E-state index in [9.17, 15) is 9.18 Å². The summed E-state index contributed by atoms with van der Waals surface area (Å²) in [4.78, 5) is 14.0. The third-order valence-electron chi connectivity index (χ3n) is 3.91. The molecule has 0 saturated carbocycles. The number of carbonyl (C=O) groups excluding carboxylic acids is 1. The molecule has 118 valence electrons. The molecule has 0 N–H and O–H groups in total. The molecule has 0 saturated heterocycles. The van der Waals surface area contributed by atoms with Gasteiger partial charge in [0.25, 0.3) is 0 Å². The number of likely N-dealkylation sites (N-methyl/N-ethyl adjacent to an activating group) is 1.